The Labute approximate surface area is 129 Å². The van der Waals surface area contributed by atoms with Crippen molar-refractivity contribution in [2.45, 2.75) is 0 Å². The summed E-state index contributed by atoms with van der Waals surface area (Å²) in [7, 11) is 1.56. The first-order chi connectivity index (χ1) is 9.51. The molecule has 4 nitrogen and oxygen atoms in total. The number of phenolic OH excluding ortho intramolecular Hbond substituents is 1. The highest BCUT2D eigenvalue weighted by atomic mass is 79.9. The van der Waals surface area contributed by atoms with Gasteiger partial charge in [-0.2, -0.15) is 0 Å². The van der Waals surface area contributed by atoms with Crippen molar-refractivity contribution in [3.8, 4) is 11.5 Å². The Kier molecular flexibility index (Phi) is 4.52. The number of carbonyl (C=O) groups is 1. The Bertz CT molecular complexity index is 661. The Morgan fingerprint density at radius 3 is 2.65 bits per heavy atom. The van der Waals surface area contributed by atoms with Crippen molar-refractivity contribution in [2.24, 2.45) is 0 Å². The number of carbonyl (C=O) groups excluding carboxylic acids is 1. The minimum atomic E-state index is -0.420. The molecule has 0 aromatic heterocycles. The number of aromatic hydroxyl groups is 1. The van der Waals surface area contributed by atoms with Gasteiger partial charge in [0, 0.05) is 10.7 Å². The summed E-state index contributed by atoms with van der Waals surface area (Å²) in [4.78, 5) is 12.1. The van der Waals surface area contributed by atoms with E-state index < -0.39 is 5.91 Å². The van der Waals surface area contributed by atoms with Crippen molar-refractivity contribution in [2.75, 3.05) is 12.4 Å². The second kappa shape index (κ2) is 6.15. The summed E-state index contributed by atoms with van der Waals surface area (Å²) in [5, 5.41) is 12.8. The molecule has 0 spiro atoms. The van der Waals surface area contributed by atoms with Crippen LogP contribution in [0.1, 0.15) is 10.4 Å². The lowest BCUT2D eigenvalue weighted by Gasteiger charge is -2.09. The molecule has 0 aliphatic heterocycles. The maximum Gasteiger partial charge on any atom is 0.259 e. The standard InChI is InChI=1S/C14H11BrClNO3/c1-20-13-5-3-9(7-11(13)15)17-14(19)10-4-2-8(16)6-12(10)18/h2-7,18H,1H3,(H,17,19). The fourth-order valence-electron chi connectivity index (χ4n) is 1.64. The molecule has 1 amide bonds. The third kappa shape index (κ3) is 3.23. The van der Waals surface area contributed by atoms with Gasteiger partial charge in [0.1, 0.15) is 11.5 Å². The molecule has 6 heteroatoms. The smallest absolute Gasteiger partial charge is 0.259 e. The van der Waals surface area contributed by atoms with E-state index >= 15 is 0 Å². The lowest BCUT2D eigenvalue weighted by molar-refractivity contribution is 0.102. The van der Waals surface area contributed by atoms with Crippen LogP contribution < -0.4 is 10.1 Å². The number of phenols is 1. The fourth-order valence-corrected chi connectivity index (χ4v) is 2.35. The van der Waals surface area contributed by atoms with Crippen molar-refractivity contribution >= 4 is 39.1 Å². The lowest BCUT2D eigenvalue weighted by atomic mass is 10.2. The number of nitrogens with one attached hydrogen (secondary N) is 1. The summed E-state index contributed by atoms with van der Waals surface area (Å²) in [5.74, 6) is 0.0798. The second-order valence-corrected chi connectivity index (χ2v) is 5.26. The Morgan fingerprint density at radius 1 is 1.30 bits per heavy atom. The molecule has 0 heterocycles. The highest BCUT2D eigenvalue weighted by Gasteiger charge is 2.12. The number of ether oxygens (including phenoxy) is 1. The number of methoxy groups -OCH3 is 1. The molecule has 2 rings (SSSR count). The Morgan fingerprint density at radius 2 is 2.05 bits per heavy atom. The molecular weight excluding hydrogens is 346 g/mol. The van der Waals surface area contributed by atoms with Gasteiger partial charge in [0.25, 0.3) is 5.91 Å². The van der Waals surface area contributed by atoms with E-state index in [1.54, 1.807) is 31.4 Å². The van der Waals surface area contributed by atoms with Gasteiger partial charge in [-0.1, -0.05) is 11.6 Å². The fraction of sp³-hybridized carbons (Fsp3) is 0.0714. The largest absolute Gasteiger partial charge is 0.507 e. The van der Waals surface area contributed by atoms with Gasteiger partial charge in [-0.3, -0.25) is 4.79 Å². The molecule has 104 valence electrons. The van der Waals surface area contributed by atoms with Crippen LogP contribution in [-0.2, 0) is 0 Å². The molecule has 2 N–H and O–H groups in total. The van der Waals surface area contributed by atoms with Crippen LogP contribution in [0.5, 0.6) is 11.5 Å². The molecule has 0 saturated carbocycles. The topological polar surface area (TPSA) is 58.6 Å². The summed E-state index contributed by atoms with van der Waals surface area (Å²) in [6.07, 6.45) is 0. The molecule has 20 heavy (non-hydrogen) atoms. The van der Waals surface area contributed by atoms with Crippen LogP contribution in [-0.4, -0.2) is 18.1 Å². The number of halogens is 2. The summed E-state index contributed by atoms with van der Waals surface area (Å²) >= 11 is 9.06. The highest BCUT2D eigenvalue weighted by molar-refractivity contribution is 9.10. The minimum Gasteiger partial charge on any atom is -0.507 e. The van der Waals surface area contributed by atoms with E-state index in [1.807, 2.05) is 0 Å². The maximum atomic E-state index is 12.1. The van der Waals surface area contributed by atoms with Crippen molar-refractivity contribution < 1.29 is 14.6 Å². The highest BCUT2D eigenvalue weighted by Crippen LogP contribution is 2.28. The van der Waals surface area contributed by atoms with E-state index in [4.69, 9.17) is 16.3 Å². The van der Waals surface area contributed by atoms with Crippen LogP contribution in [0.25, 0.3) is 0 Å². The molecule has 0 aliphatic rings. The SMILES string of the molecule is COc1ccc(NC(=O)c2ccc(Cl)cc2O)cc1Br. The average molecular weight is 357 g/mol. The predicted octanol–water partition coefficient (Wildman–Crippen LogP) is 4.07. The van der Waals surface area contributed by atoms with Gasteiger partial charge in [0.15, 0.2) is 0 Å². The maximum absolute atomic E-state index is 12.1. The van der Waals surface area contributed by atoms with E-state index in [1.165, 1.54) is 12.1 Å². The second-order valence-electron chi connectivity index (χ2n) is 3.96. The van der Waals surface area contributed by atoms with Crippen LogP contribution in [0.15, 0.2) is 40.9 Å². The number of amides is 1. The number of hydrogen-bond acceptors (Lipinski definition) is 3. The molecule has 0 saturated heterocycles. The third-order valence-electron chi connectivity index (χ3n) is 2.61. The molecule has 0 bridgehead atoms. The normalized spacial score (nSPS) is 10.2. The van der Waals surface area contributed by atoms with Gasteiger partial charge in [-0.05, 0) is 52.3 Å². The molecule has 0 unspecified atom stereocenters. The lowest BCUT2D eigenvalue weighted by Crippen LogP contribution is -2.12. The zero-order valence-corrected chi connectivity index (χ0v) is 12.8. The summed E-state index contributed by atoms with van der Waals surface area (Å²) in [6.45, 7) is 0. The van der Waals surface area contributed by atoms with Crippen LogP contribution >= 0.6 is 27.5 Å². The zero-order chi connectivity index (χ0) is 14.7. The van der Waals surface area contributed by atoms with Crippen molar-refractivity contribution in [3.05, 3.63) is 51.5 Å². The summed E-state index contributed by atoms with van der Waals surface area (Å²) in [5.41, 5.74) is 0.735. The van der Waals surface area contributed by atoms with Crippen molar-refractivity contribution in [3.63, 3.8) is 0 Å². The average Bonchev–Trinajstić information content (AvgIpc) is 2.38. The van der Waals surface area contributed by atoms with Crippen LogP contribution in [0, 0.1) is 0 Å². The van der Waals surface area contributed by atoms with Gasteiger partial charge in [0.2, 0.25) is 0 Å². The molecule has 0 atom stereocenters. The van der Waals surface area contributed by atoms with Crippen molar-refractivity contribution in [1.82, 2.24) is 0 Å². The first-order valence-corrected chi connectivity index (χ1v) is 6.82. The summed E-state index contributed by atoms with van der Waals surface area (Å²) in [6, 6.07) is 9.46. The molecule has 0 fully saturated rings. The van der Waals surface area contributed by atoms with E-state index in [0.29, 0.717) is 16.5 Å². The zero-order valence-electron chi connectivity index (χ0n) is 10.5. The van der Waals surface area contributed by atoms with Crippen LogP contribution in [0.3, 0.4) is 0 Å². The van der Waals surface area contributed by atoms with Crippen molar-refractivity contribution in [1.29, 1.82) is 0 Å². The van der Waals surface area contributed by atoms with Crippen LogP contribution in [0.4, 0.5) is 5.69 Å². The van der Waals surface area contributed by atoms with Gasteiger partial charge in [-0.25, -0.2) is 0 Å². The molecule has 2 aromatic carbocycles. The first-order valence-electron chi connectivity index (χ1n) is 5.64. The third-order valence-corrected chi connectivity index (χ3v) is 3.47. The van der Waals surface area contributed by atoms with E-state index in [9.17, 15) is 9.90 Å². The molecule has 0 aliphatic carbocycles. The van der Waals surface area contributed by atoms with Crippen LogP contribution in [0.2, 0.25) is 5.02 Å². The van der Waals surface area contributed by atoms with Gasteiger partial charge in [0.05, 0.1) is 17.1 Å². The van der Waals surface area contributed by atoms with Gasteiger partial charge in [-0.15, -0.1) is 0 Å². The number of benzene rings is 2. The Hall–Kier alpha value is -1.72. The number of rotatable bonds is 3. The summed E-state index contributed by atoms with van der Waals surface area (Å²) < 4.78 is 5.83. The predicted molar refractivity (Wildman–Crippen MR) is 81.8 cm³/mol. The first kappa shape index (κ1) is 14.7. The monoisotopic (exact) mass is 355 g/mol. The van der Waals surface area contributed by atoms with Gasteiger partial charge < -0.3 is 15.2 Å². The molecule has 2 aromatic rings. The molecular formula is C14H11BrClNO3. The number of hydrogen-bond donors (Lipinski definition) is 2. The molecule has 0 radical (unpaired) electrons. The van der Waals surface area contributed by atoms with E-state index in [0.717, 1.165) is 4.47 Å². The van der Waals surface area contributed by atoms with E-state index in [2.05, 4.69) is 21.2 Å². The minimum absolute atomic E-state index is 0.154. The van der Waals surface area contributed by atoms with Gasteiger partial charge >= 0.3 is 0 Å². The quantitative estimate of drug-likeness (QED) is 0.871. The Balaban J connectivity index is 2.21. The van der Waals surface area contributed by atoms with E-state index in [-0.39, 0.29) is 11.3 Å². The number of anilines is 1.